The number of rotatable bonds is 6. The molecule has 1 atom stereocenters. The van der Waals surface area contributed by atoms with Crippen LogP contribution in [0.5, 0.6) is 0 Å². The second-order valence-electron chi connectivity index (χ2n) is 5.62. The van der Waals surface area contributed by atoms with Crippen molar-refractivity contribution in [1.29, 1.82) is 0 Å². The van der Waals surface area contributed by atoms with Gasteiger partial charge in [-0.2, -0.15) is 0 Å². The van der Waals surface area contributed by atoms with Gasteiger partial charge in [0.05, 0.1) is 12.5 Å². The van der Waals surface area contributed by atoms with Gasteiger partial charge in [0.25, 0.3) is 0 Å². The second kappa shape index (κ2) is 7.59. The molecule has 0 aliphatic heterocycles. The van der Waals surface area contributed by atoms with E-state index in [2.05, 4.69) is 21.2 Å². The third-order valence-electron chi connectivity index (χ3n) is 3.94. The summed E-state index contributed by atoms with van der Waals surface area (Å²) < 4.78 is 0.928. The number of carbonyl (C=O) groups is 2. The largest absolute Gasteiger partial charge is 0.481 e. The minimum atomic E-state index is -0.913. The lowest BCUT2D eigenvalue weighted by Gasteiger charge is -2.19. The van der Waals surface area contributed by atoms with Crippen molar-refractivity contribution in [2.24, 2.45) is 5.92 Å². The Kier molecular flexibility index (Phi) is 5.79. The highest BCUT2D eigenvalue weighted by atomic mass is 79.9. The van der Waals surface area contributed by atoms with Crippen molar-refractivity contribution in [2.75, 3.05) is 0 Å². The quantitative estimate of drug-likeness (QED) is 0.819. The van der Waals surface area contributed by atoms with E-state index in [-0.39, 0.29) is 12.3 Å². The minimum Gasteiger partial charge on any atom is -0.481 e. The van der Waals surface area contributed by atoms with Crippen molar-refractivity contribution >= 4 is 27.8 Å². The lowest BCUT2D eigenvalue weighted by Crippen LogP contribution is -2.31. The van der Waals surface area contributed by atoms with Gasteiger partial charge in [0.1, 0.15) is 0 Å². The van der Waals surface area contributed by atoms with Gasteiger partial charge in [-0.25, -0.2) is 0 Å². The van der Waals surface area contributed by atoms with Crippen LogP contribution in [0, 0.1) is 5.92 Å². The molecule has 0 saturated heterocycles. The Balaban J connectivity index is 1.99. The summed E-state index contributed by atoms with van der Waals surface area (Å²) in [5.74, 6) is -0.499. The highest BCUT2D eigenvalue weighted by molar-refractivity contribution is 9.10. The average Bonchev–Trinajstić information content (AvgIpc) is 2.91. The number of carbonyl (C=O) groups excluding carboxylic acids is 1. The molecular weight excluding hydrogens is 334 g/mol. The van der Waals surface area contributed by atoms with Gasteiger partial charge in [0.15, 0.2) is 0 Å². The van der Waals surface area contributed by atoms with Gasteiger partial charge in [0.2, 0.25) is 5.91 Å². The molecular formula is C16H20BrNO3. The maximum atomic E-state index is 12.1. The topological polar surface area (TPSA) is 66.4 Å². The van der Waals surface area contributed by atoms with E-state index in [1.165, 1.54) is 12.8 Å². The summed E-state index contributed by atoms with van der Waals surface area (Å²) in [4.78, 5) is 23.1. The number of carboxylic acid groups (broad SMARTS) is 1. The van der Waals surface area contributed by atoms with E-state index in [4.69, 9.17) is 5.11 Å². The highest BCUT2D eigenvalue weighted by Crippen LogP contribution is 2.28. The molecule has 1 aliphatic carbocycles. The lowest BCUT2D eigenvalue weighted by atomic mass is 10.0. The van der Waals surface area contributed by atoms with E-state index >= 15 is 0 Å². The molecule has 1 aliphatic rings. The molecule has 0 bridgehead atoms. The standard InChI is InChI=1S/C16H20BrNO3/c17-13-7-5-12(6-8-13)14(10-16(20)21)18-15(19)9-11-3-1-2-4-11/h5-8,11,14H,1-4,9-10H2,(H,18,19)(H,20,21). The Morgan fingerprint density at radius 2 is 1.86 bits per heavy atom. The molecule has 2 N–H and O–H groups in total. The fraction of sp³-hybridized carbons (Fsp3) is 0.500. The van der Waals surface area contributed by atoms with Crippen LogP contribution in [0.25, 0.3) is 0 Å². The molecule has 2 rings (SSSR count). The van der Waals surface area contributed by atoms with Gasteiger partial charge in [-0.3, -0.25) is 9.59 Å². The van der Waals surface area contributed by atoms with Gasteiger partial charge in [-0.1, -0.05) is 40.9 Å². The number of amides is 1. The number of hydrogen-bond acceptors (Lipinski definition) is 2. The number of aliphatic carboxylic acids is 1. The van der Waals surface area contributed by atoms with Crippen molar-refractivity contribution in [1.82, 2.24) is 5.32 Å². The maximum Gasteiger partial charge on any atom is 0.305 e. The van der Waals surface area contributed by atoms with Crippen molar-refractivity contribution in [3.8, 4) is 0 Å². The van der Waals surface area contributed by atoms with Crippen molar-refractivity contribution < 1.29 is 14.7 Å². The van der Waals surface area contributed by atoms with E-state index < -0.39 is 12.0 Å². The summed E-state index contributed by atoms with van der Waals surface area (Å²) in [6, 6.07) is 6.92. The third kappa shape index (κ3) is 5.16. The van der Waals surface area contributed by atoms with E-state index in [9.17, 15) is 9.59 Å². The monoisotopic (exact) mass is 353 g/mol. The smallest absolute Gasteiger partial charge is 0.305 e. The summed E-state index contributed by atoms with van der Waals surface area (Å²) in [7, 11) is 0. The molecule has 1 aromatic rings. The molecule has 1 saturated carbocycles. The van der Waals surface area contributed by atoms with E-state index in [1.807, 2.05) is 24.3 Å². The van der Waals surface area contributed by atoms with Crippen LogP contribution < -0.4 is 5.32 Å². The van der Waals surface area contributed by atoms with Crippen LogP contribution in [0.3, 0.4) is 0 Å². The number of carboxylic acids is 1. The fourth-order valence-corrected chi connectivity index (χ4v) is 3.12. The van der Waals surface area contributed by atoms with Crippen LogP contribution in [0.1, 0.15) is 50.1 Å². The normalized spacial score (nSPS) is 16.6. The van der Waals surface area contributed by atoms with Crippen molar-refractivity contribution in [2.45, 2.75) is 44.6 Å². The summed E-state index contributed by atoms with van der Waals surface area (Å²) in [5.41, 5.74) is 0.820. The number of halogens is 1. The summed E-state index contributed by atoms with van der Waals surface area (Å²) in [6.45, 7) is 0. The predicted octanol–water partition coefficient (Wildman–Crippen LogP) is 3.66. The van der Waals surface area contributed by atoms with E-state index in [1.54, 1.807) is 0 Å². The first-order valence-corrected chi connectivity index (χ1v) is 8.10. The SMILES string of the molecule is O=C(O)CC(NC(=O)CC1CCCC1)c1ccc(Br)cc1. The number of benzene rings is 1. The lowest BCUT2D eigenvalue weighted by molar-refractivity contribution is -0.137. The zero-order valence-corrected chi connectivity index (χ0v) is 13.4. The predicted molar refractivity (Wildman–Crippen MR) is 83.9 cm³/mol. The Morgan fingerprint density at radius 1 is 1.24 bits per heavy atom. The van der Waals surface area contributed by atoms with Crippen LogP contribution in [0.15, 0.2) is 28.7 Å². The molecule has 1 amide bonds. The molecule has 114 valence electrons. The maximum absolute atomic E-state index is 12.1. The molecule has 4 nitrogen and oxygen atoms in total. The molecule has 0 spiro atoms. The summed E-state index contributed by atoms with van der Waals surface area (Å²) >= 11 is 3.35. The second-order valence-corrected chi connectivity index (χ2v) is 6.54. The zero-order valence-electron chi connectivity index (χ0n) is 11.8. The minimum absolute atomic E-state index is 0.0453. The molecule has 1 unspecified atom stereocenters. The first-order valence-electron chi connectivity index (χ1n) is 7.31. The molecule has 0 heterocycles. The Labute approximate surface area is 133 Å². The van der Waals surface area contributed by atoms with Gasteiger partial charge in [-0.15, -0.1) is 0 Å². The zero-order chi connectivity index (χ0) is 15.2. The Hall–Kier alpha value is -1.36. The Morgan fingerprint density at radius 3 is 2.43 bits per heavy atom. The highest BCUT2D eigenvalue weighted by Gasteiger charge is 2.22. The average molecular weight is 354 g/mol. The van der Waals surface area contributed by atoms with E-state index in [0.29, 0.717) is 12.3 Å². The molecule has 1 aromatic carbocycles. The van der Waals surface area contributed by atoms with Gasteiger partial charge >= 0.3 is 5.97 Å². The molecule has 0 radical (unpaired) electrons. The van der Waals surface area contributed by atoms with Crippen molar-refractivity contribution in [3.05, 3.63) is 34.3 Å². The Bertz CT molecular complexity index is 495. The first-order chi connectivity index (χ1) is 10.0. The van der Waals surface area contributed by atoms with Crippen molar-refractivity contribution in [3.63, 3.8) is 0 Å². The number of hydrogen-bond donors (Lipinski definition) is 2. The van der Waals surface area contributed by atoms with Crippen LogP contribution >= 0.6 is 15.9 Å². The molecule has 1 fully saturated rings. The van der Waals surface area contributed by atoms with E-state index in [0.717, 1.165) is 22.9 Å². The third-order valence-corrected chi connectivity index (χ3v) is 4.46. The molecule has 0 aromatic heterocycles. The van der Waals surface area contributed by atoms with Gasteiger partial charge in [-0.05, 0) is 36.5 Å². The van der Waals surface area contributed by atoms with Crippen LogP contribution in [-0.2, 0) is 9.59 Å². The van der Waals surface area contributed by atoms with Crippen LogP contribution in [0.2, 0.25) is 0 Å². The van der Waals surface area contributed by atoms with Crippen LogP contribution in [-0.4, -0.2) is 17.0 Å². The van der Waals surface area contributed by atoms with Gasteiger partial charge < -0.3 is 10.4 Å². The molecule has 21 heavy (non-hydrogen) atoms. The fourth-order valence-electron chi connectivity index (χ4n) is 2.85. The number of nitrogens with one attached hydrogen (secondary N) is 1. The first kappa shape index (κ1) is 16.0. The van der Waals surface area contributed by atoms with Crippen LogP contribution in [0.4, 0.5) is 0 Å². The summed E-state index contributed by atoms with van der Waals surface area (Å²) in [6.07, 6.45) is 5.02. The summed E-state index contributed by atoms with van der Waals surface area (Å²) in [5, 5.41) is 11.9. The van der Waals surface area contributed by atoms with Gasteiger partial charge in [0, 0.05) is 10.9 Å². The molecule has 5 heteroatoms.